The number of carbonyl (C=O) groups is 1. The van der Waals surface area contributed by atoms with Gasteiger partial charge in [-0.1, -0.05) is 55.0 Å². The third-order valence-electron chi connectivity index (χ3n) is 2.93. The molecule has 0 fully saturated rings. The second-order valence-corrected chi connectivity index (χ2v) is 4.21. The smallest absolute Gasteiger partial charge is 0.193 e. The molecule has 0 aromatic heterocycles. The molecule has 0 atom stereocenters. The van der Waals surface area contributed by atoms with Gasteiger partial charge in [-0.2, -0.15) is 0 Å². The molecular weight excluding hydrogens is 208 g/mol. The Morgan fingerprint density at radius 3 is 2.41 bits per heavy atom. The molecule has 0 N–H and O–H groups in total. The van der Waals surface area contributed by atoms with Gasteiger partial charge in [0.2, 0.25) is 0 Å². The Morgan fingerprint density at radius 1 is 1.06 bits per heavy atom. The summed E-state index contributed by atoms with van der Waals surface area (Å²) >= 11 is 0. The Morgan fingerprint density at radius 2 is 1.76 bits per heavy atom. The van der Waals surface area contributed by atoms with Crippen LogP contribution in [0.4, 0.5) is 0 Å². The molecule has 0 unspecified atom stereocenters. The van der Waals surface area contributed by atoms with Crippen molar-refractivity contribution < 1.29 is 4.79 Å². The lowest BCUT2D eigenvalue weighted by Crippen LogP contribution is -2.05. The number of ketones is 1. The Bertz CT molecular complexity index is 526. The monoisotopic (exact) mass is 224 g/mol. The van der Waals surface area contributed by atoms with E-state index in [-0.39, 0.29) is 5.78 Å². The molecule has 2 aromatic rings. The van der Waals surface area contributed by atoms with Crippen LogP contribution in [-0.2, 0) is 6.42 Å². The quantitative estimate of drug-likeness (QED) is 0.725. The van der Waals surface area contributed by atoms with Gasteiger partial charge in [0, 0.05) is 11.1 Å². The second kappa shape index (κ2) is 4.96. The van der Waals surface area contributed by atoms with Gasteiger partial charge in [0.15, 0.2) is 5.78 Å². The van der Waals surface area contributed by atoms with E-state index in [1.165, 1.54) is 0 Å². The van der Waals surface area contributed by atoms with Crippen LogP contribution >= 0.6 is 0 Å². The standard InChI is InChI=1S/C16H16O/c1-3-13-10-9-12(2)11-15(13)16(17)14-7-5-4-6-8-14/h4-11H,3H2,1-2H3. The van der Waals surface area contributed by atoms with E-state index in [1.807, 2.05) is 49.4 Å². The van der Waals surface area contributed by atoms with Gasteiger partial charge >= 0.3 is 0 Å². The third kappa shape index (κ3) is 2.44. The Kier molecular flexibility index (Phi) is 3.38. The molecule has 0 aliphatic rings. The molecule has 0 heterocycles. The number of hydrogen-bond acceptors (Lipinski definition) is 1. The SMILES string of the molecule is CCc1ccc(C)cc1C(=O)c1ccccc1. The predicted molar refractivity (Wildman–Crippen MR) is 70.4 cm³/mol. The fourth-order valence-electron chi connectivity index (χ4n) is 1.96. The van der Waals surface area contributed by atoms with E-state index in [0.717, 1.165) is 28.7 Å². The van der Waals surface area contributed by atoms with Crippen molar-refractivity contribution in [3.63, 3.8) is 0 Å². The van der Waals surface area contributed by atoms with Gasteiger partial charge in [-0.3, -0.25) is 4.79 Å². The lowest BCUT2D eigenvalue weighted by molar-refractivity contribution is 0.103. The largest absolute Gasteiger partial charge is 0.289 e. The van der Waals surface area contributed by atoms with Crippen molar-refractivity contribution >= 4 is 5.78 Å². The minimum Gasteiger partial charge on any atom is -0.289 e. The highest BCUT2D eigenvalue weighted by atomic mass is 16.1. The minimum absolute atomic E-state index is 0.117. The molecule has 1 heteroatoms. The summed E-state index contributed by atoms with van der Waals surface area (Å²) in [7, 11) is 0. The number of carbonyl (C=O) groups excluding carboxylic acids is 1. The van der Waals surface area contributed by atoms with Crippen LogP contribution in [0.15, 0.2) is 48.5 Å². The van der Waals surface area contributed by atoms with Gasteiger partial charge in [-0.25, -0.2) is 0 Å². The lowest BCUT2D eigenvalue weighted by Gasteiger charge is -2.08. The molecule has 0 radical (unpaired) electrons. The van der Waals surface area contributed by atoms with Gasteiger partial charge in [-0.05, 0) is 25.0 Å². The highest BCUT2D eigenvalue weighted by molar-refractivity contribution is 6.10. The maximum absolute atomic E-state index is 12.4. The zero-order chi connectivity index (χ0) is 12.3. The third-order valence-corrected chi connectivity index (χ3v) is 2.93. The van der Waals surface area contributed by atoms with Crippen molar-refractivity contribution in [1.82, 2.24) is 0 Å². The Hall–Kier alpha value is -1.89. The predicted octanol–water partition coefficient (Wildman–Crippen LogP) is 3.79. The Balaban J connectivity index is 2.47. The summed E-state index contributed by atoms with van der Waals surface area (Å²) in [4.78, 5) is 12.4. The van der Waals surface area contributed by atoms with Crippen LogP contribution < -0.4 is 0 Å². The molecule has 0 aliphatic heterocycles. The fourth-order valence-corrected chi connectivity index (χ4v) is 1.96. The zero-order valence-corrected chi connectivity index (χ0v) is 10.2. The first kappa shape index (κ1) is 11.6. The zero-order valence-electron chi connectivity index (χ0n) is 10.2. The van der Waals surface area contributed by atoms with Crippen molar-refractivity contribution in [1.29, 1.82) is 0 Å². The molecule has 17 heavy (non-hydrogen) atoms. The second-order valence-electron chi connectivity index (χ2n) is 4.21. The van der Waals surface area contributed by atoms with Gasteiger partial charge in [0.05, 0.1) is 0 Å². The highest BCUT2D eigenvalue weighted by Crippen LogP contribution is 2.17. The van der Waals surface area contributed by atoms with E-state index >= 15 is 0 Å². The van der Waals surface area contributed by atoms with E-state index in [1.54, 1.807) is 0 Å². The van der Waals surface area contributed by atoms with Crippen molar-refractivity contribution in [2.75, 3.05) is 0 Å². The van der Waals surface area contributed by atoms with E-state index in [4.69, 9.17) is 0 Å². The topological polar surface area (TPSA) is 17.1 Å². The lowest BCUT2D eigenvalue weighted by atomic mass is 9.95. The van der Waals surface area contributed by atoms with Gasteiger partial charge in [0.25, 0.3) is 0 Å². The first-order chi connectivity index (χ1) is 8.22. The summed E-state index contributed by atoms with van der Waals surface area (Å²) in [5.41, 5.74) is 3.83. The van der Waals surface area contributed by atoms with Gasteiger partial charge in [-0.15, -0.1) is 0 Å². The Labute approximate surface area is 102 Å². The molecule has 0 bridgehead atoms. The average molecular weight is 224 g/mol. The molecule has 2 rings (SSSR count). The van der Waals surface area contributed by atoms with Crippen molar-refractivity contribution in [3.8, 4) is 0 Å². The van der Waals surface area contributed by atoms with Crippen molar-refractivity contribution in [2.24, 2.45) is 0 Å². The summed E-state index contributed by atoms with van der Waals surface area (Å²) in [6.07, 6.45) is 0.883. The first-order valence-corrected chi connectivity index (χ1v) is 5.91. The summed E-state index contributed by atoms with van der Waals surface area (Å²) < 4.78 is 0. The van der Waals surface area contributed by atoms with Crippen LogP contribution in [0.5, 0.6) is 0 Å². The number of hydrogen-bond donors (Lipinski definition) is 0. The molecule has 86 valence electrons. The summed E-state index contributed by atoms with van der Waals surface area (Å²) in [5.74, 6) is 0.117. The molecule has 0 amide bonds. The summed E-state index contributed by atoms with van der Waals surface area (Å²) in [5, 5.41) is 0. The van der Waals surface area contributed by atoms with E-state index in [9.17, 15) is 4.79 Å². The van der Waals surface area contributed by atoms with Crippen molar-refractivity contribution in [3.05, 3.63) is 70.8 Å². The fraction of sp³-hybridized carbons (Fsp3) is 0.188. The van der Waals surface area contributed by atoms with Crippen LogP contribution in [0.3, 0.4) is 0 Å². The van der Waals surface area contributed by atoms with Crippen molar-refractivity contribution in [2.45, 2.75) is 20.3 Å². The minimum atomic E-state index is 0.117. The maximum Gasteiger partial charge on any atom is 0.193 e. The van der Waals surface area contributed by atoms with E-state index < -0.39 is 0 Å². The highest BCUT2D eigenvalue weighted by Gasteiger charge is 2.12. The first-order valence-electron chi connectivity index (χ1n) is 5.91. The van der Waals surface area contributed by atoms with E-state index in [2.05, 4.69) is 13.0 Å². The van der Waals surface area contributed by atoms with Gasteiger partial charge in [0.1, 0.15) is 0 Å². The molecule has 0 saturated carbocycles. The maximum atomic E-state index is 12.4. The van der Waals surface area contributed by atoms with Crippen LogP contribution in [0.25, 0.3) is 0 Å². The summed E-state index contributed by atoms with van der Waals surface area (Å²) in [6.45, 7) is 4.09. The molecular formula is C16H16O. The van der Waals surface area contributed by atoms with Crippen LogP contribution in [0.2, 0.25) is 0 Å². The summed E-state index contributed by atoms with van der Waals surface area (Å²) in [6, 6.07) is 15.5. The van der Waals surface area contributed by atoms with Crippen LogP contribution in [0, 0.1) is 6.92 Å². The molecule has 0 aliphatic carbocycles. The molecule has 2 aromatic carbocycles. The number of rotatable bonds is 3. The van der Waals surface area contributed by atoms with E-state index in [0.29, 0.717) is 0 Å². The average Bonchev–Trinajstić information content (AvgIpc) is 2.39. The normalized spacial score (nSPS) is 10.2. The number of aryl methyl sites for hydroxylation is 2. The van der Waals surface area contributed by atoms with Crippen LogP contribution in [-0.4, -0.2) is 5.78 Å². The molecule has 1 nitrogen and oxygen atoms in total. The molecule has 0 spiro atoms. The van der Waals surface area contributed by atoms with Gasteiger partial charge < -0.3 is 0 Å². The van der Waals surface area contributed by atoms with Crippen LogP contribution in [0.1, 0.15) is 34.0 Å². The molecule has 0 saturated heterocycles. The number of benzene rings is 2.